The van der Waals surface area contributed by atoms with Crippen LogP contribution in [0.5, 0.6) is 5.75 Å². The highest BCUT2D eigenvalue weighted by Gasteiger charge is 2.31. The minimum atomic E-state index is -0.0310. The summed E-state index contributed by atoms with van der Waals surface area (Å²) < 4.78 is 0. The van der Waals surface area contributed by atoms with Crippen molar-refractivity contribution in [2.24, 2.45) is 0 Å². The molecule has 1 heteroatoms. The van der Waals surface area contributed by atoms with Crippen molar-refractivity contribution < 1.29 is 5.11 Å². The molecule has 23 heavy (non-hydrogen) atoms. The summed E-state index contributed by atoms with van der Waals surface area (Å²) in [7, 11) is 0. The highest BCUT2D eigenvalue weighted by molar-refractivity contribution is 5.90. The lowest BCUT2D eigenvalue weighted by Gasteiger charge is -2.33. The molecule has 0 spiro atoms. The zero-order valence-corrected chi connectivity index (χ0v) is 15.7. The molecule has 0 aliphatic rings. The van der Waals surface area contributed by atoms with Crippen molar-refractivity contribution in [3.63, 3.8) is 0 Å². The number of rotatable bonds is 6. The molecule has 0 aromatic heterocycles. The third-order valence-corrected chi connectivity index (χ3v) is 5.18. The molecular weight excluding hydrogens is 280 g/mol. The zero-order valence-electron chi connectivity index (χ0n) is 15.7. The topological polar surface area (TPSA) is 20.2 Å². The summed E-state index contributed by atoms with van der Waals surface area (Å²) >= 11 is 0. The van der Waals surface area contributed by atoms with Crippen LogP contribution in [0.25, 0.3) is 10.8 Å². The molecule has 0 heterocycles. The van der Waals surface area contributed by atoms with Gasteiger partial charge < -0.3 is 5.11 Å². The van der Waals surface area contributed by atoms with Crippen LogP contribution in [-0.2, 0) is 10.8 Å². The molecule has 0 saturated heterocycles. The second-order valence-corrected chi connectivity index (χ2v) is 8.14. The van der Waals surface area contributed by atoms with Crippen molar-refractivity contribution in [3.05, 3.63) is 41.5 Å². The normalized spacial score (nSPS) is 12.8. The van der Waals surface area contributed by atoms with Gasteiger partial charge in [-0.05, 0) is 40.5 Å². The van der Waals surface area contributed by atoms with Crippen molar-refractivity contribution in [3.8, 4) is 5.75 Å². The third-order valence-electron chi connectivity index (χ3n) is 5.18. The SMILES string of the molecule is CCCC(C)(C)c1cc2ccccc2c(C(C)(C)CCC)c1O. The van der Waals surface area contributed by atoms with Gasteiger partial charge >= 0.3 is 0 Å². The molecule has 1 nitrogen and oxygen atoms in total. The molecule has 2 rings (SSSR count). The third kappa shape index (κ3) is 3.39. The van der Waals surface area contributed by atoms with Crippen LogP contribution in [0.2, 0.25) is 0 Å². The van der Waals surface area contributed by atoms with E-state index in [9.17, 15) is 5.11 Å². The maximum absolute atomic E-state index is 11.2. The number of aromatic hydroxyl groups is 1. The Morgan fingerprint density at radius 1 is 0.870 bits per heavy atom. The quantitative estimate of drug-likeness (QED) is 0.629. The van der Waals surface area contributed by atoms with Gasteiger partial charge in [-0.1, -0.05) is 78.6 Å². The maximum Gasteiger partial charge on any atom is 0.123 e. The second-order valence-electron chi connectivity index (χ2n) is 8.14. The van der Waals surface area contributed by atoms with Gasteiger partial charge in [-0.3, -0.25) is 0 Å². The standard InChI is InChI=1S/C22H32O/c1-7-13-21(3,4)18-15-16-11-9-10-12-17(16)19(20(18)23)22(5,6)14-8-2/h9-12,15,23H,7-8,13-14H2,1-6H3. The summed E-state index contributed by atoms with van der Waals surface area (Å²) in [6.07, 6.45) is 4.38. The Kier molecular flexibility index (Phi) is 5.08. The molecule has 0 fully saturated rings. The Bertz CT molecular complexity index is 680. The zero-order chi connectivity index (χ0) is 17.3. The van der Waals surface area contributed by atoms with Crippen LogP contribution >= 0.6 is 0 Å². The number of phenolic OH excluding ortho intramolecular Hbond substituents is 1. The van der Waals surface area contributed by atoms with E-state index in [0.717, 1.165) is 36.8 Å². The molecule has 2 aromatic carbocycles. The molecule has 0 saturated carbocycles. The fourth-order valence-electron chi connectivity index (χ4n) is 4.05. The molecule has 0 aliphatic carbocycles. The maximum atomic E-state index is 11.2. The van der Waals surface area contributed by atoms with E-state index in [1.54, 1.807) is 0 Å². The van der Waals surface area contributed by atoms with Crippen LogP contribution < -0.4 is 0 Å². The molecule has 0 atom stereocenters. The minimum Gasteiger partial charge on any atom is -0.507 e. The monoisotopic (exact) mass is 312 g/mol. The van der Waals surface area contributed by atoms with Gasteiger partial charge in [0, 0.05) is 11.1 Å². The molecule has 0 unspecified atom stereocenters. The van der Waals surface area contributed by atoms with E-state index in [1.165, 1.54) is 10.8 Å². The summed E-state index contributed by atoms with van der Waals surface area (Å²) in [5, 5.41) is 13.6. The summed E-state index contributed by atoms with van der Waals surface area (Å²) in [4.78, 5) is 0. The number of hydrogen-bond acceptors (Lipinski definition) is 1. The van der Waals surface area contributed by atoms with Crippen LogP contribution in [0.3, 0.4) is 0 Å². The van der Waals surface area contributed by atoms with E-state index < -0.39 is 0 Å². The number of benzene rings is 2. The first-order chi connectivity index (χ1) is 10.7. The summed E-state index contributed by atoms with van der Waals surface area (Å²) in [6, 6.07) is 10.7. The van der Waals surface area contributed by atoms with Crippen LogP contribution in [-0.4, -0.2) is 5.11 Å². The largest absolute Gasteiger partial charge is 0.507 e. The van der Waals surface area contributed by atoms with Crippen LogP contribution in [0.1, 0.15) is 78.4 Å². The van der Waals surface area contributed by atoms with E-state index in [0.29, 0.717) is 5.75 Å². The Balaban J connectivity index is 2.81. The first-order valence-electron chi connectivity index (χ1n) is 9.00. The molecule has 0 aliphatic heterocycles. The smallest absolute Gasteiger partial charge is 0.123 e. The van der Waals surface area contributed by atoms with Crippen LogP contribution in [0.4, 0.5) is 0 Å². The van der Waals surface area contributed by atoms with Crippen molar-refractivity contribution in [2.75, 3.05) is 0 Å². The number of phenols is 1. The van der Waals surface area contributed by atoms with Gasteiger partial charge in [0.2, 0.25) is 0 Å². The van der Waals surface area contributed by atoms with Crippen molar-refractivity contribution >= 4 is 10.8 Å². The van der Waals surface area contributed by atoms with Gasteiger partial charge in [0.05, 0.1) is 0 Å². The Hall–Kier alpha value is -1.50. The number of fused-ring (bicyclic) bond motifs is 1. The van der Waals surface area contributed by atoms with E-state index in [4.69, 9.17) is 0 Å². The van der Waals surface area contributed by atoms with E-state index >= 15 is 0 Å². The molecule has 0 bridgehead atoms. The van der Waals surface area contributed by atoms with Crippen LogP contribution in [0.15, 0.2) is 30.3 Å². The fourth-order valence-corrected chi connectivity index (χ4v) is 4.05. The first kappa shape index (κ1) is 17.8. The van der Waals surface area contributed by atoms with Crippen LogP contribution in [0, 0.1) is 0 Å². The van der Waals surface area contributed by atoms with Crippen molar-refractivity contribution in [2.45, 2.75) is 78.1 Å². The highest BCUT2D eigenvalue weighted by Crippen LogP contribution is 2.46. The summed E-state index contributed by atoms with van der Waals surface area (Å²) in [6.45, 7) is 13.4. The first-order valence-corrected chi connectivity index (χ1v) is 9.00. The van der Waals surface area contributed by atoms with Gasteiger partial charge in [0.25, 0.3) is 0 Å². The number of hydrogen-bond donors (Lipinski definition) is 1. The van der Waals surface area contributed by atoms with E-state index in [1.807, 2.05) is 0 Å². The summed E-state index contributed by atoms with van der Waals surface area (Å²) in [5.41, 5.74) is 2.17. The van der Waals surface area contributed by atoms with Gasteiger partial charge in [-0.15, -0.1) is 0 Å². The molecular formula is C22H32O. The van der Waals surface area contributed by atoms with Gasteiger partial charge in [-0.25, -0.2) is 0 Å². The average Bonchev–Trinajstić information content (AvgIpc) is 2.45. The predicted octanol–water partition coefficient (Wildman–Crippen LogP) is 6.70. The van der Waals surface area contributed by atoms with Gasteiger partial charge in [0.15, 0.2) is 0 Å². The second kappa shape index (κ2) is 6.55. The predicted molar refractivity (Wildman–Crippen MR) is 101 cm³/mol. The lowest BCUT2D eigenvalue weighted by Crippen LogP contribution is -2.22. The molecule has 0 radical (unpaired) electrons. The Morgan fingerprint density at radius 3 is 2.04 bits per heavy atom. The Morgan fingerprint density at radius 2 is 1.43 bits per heavy atom. The van der Waals surface area contributed by atoms with Crippen molar-refractivity contribution in [1.82, 2.24) is 0 Å². The molecule has 1 N–H and O–H groups in total. The summed E-state index contributed by atoms with van der Waals surface area (Å²) in [5.74, 6) is 0.514. The lowest BCUT2D eigenvalue weighted by molar-refractivity contribution is 0.391. The van der Waals surface area contributed by atoms with E-state index in [-0.39, 0.29) is 10.8 Å². The highest BCUT2D eigenvalue weighted by atomic mass is 16.3. The Labute approximate surface area is 141 Å². The van der Waals surface area contributed by atoms with Gasteiger partial charge in [0.1, 0.15) is 5.75 Å². The lowest BCUT2D eigenvalue weighted by atomic mass is 9.72. The van der Waals surface area contributed by atoms with E-state index in [2.05, 4.69) is 71.9 Å². The fraction of sp³-hybridized carbons (Fsp3) is 0.545. The minimum absolute atomic E-state index is 0.0140. The van der Waals surface area contributed by atoms with Crippen molar-refractivity contribution in [1.29, 1.82) is 0 Å². The average molecular weight is 312 g/mol. The molecule has 0 amide bonds. The molecule has 126 valence electrons. The van der Waals surface area contributed by atoms with Gasteiger partial charge in [-0.2, -0.15) is 0 Å². The molecule has 2 aromatic rings.